The molecule has 2 aliphatic rings. The third kappa shape index (κ3) is 1.49. The van der Waals surface area contributed by atoms with Gasteiger partial charge in [0, 0.05) is 15.8 Å². The Hall–Kier alpha value is -1.41. The third-order valence-corrected chi connectivity index (χ3v) is 5.00. The molecule has 0 bridgehead atoms. The van der Waals surface area contributed by atoms with Gasteiger partial charge in [-0.2, -0.15) is 0 Å². The van der Waals surface area contributed by atoms with Crippen molar-refractivity contribution < 1.29 is 0 Å². The summed E-state index contributed by atoms with van der Waals surface area (Å²) < 4.78 is 0. The molecule has 1 nitrogen and oxygen atoms in total. The van der Waals surface area contributed by atoms with Crippen molar-refractivity contribution in [1.82, 2.24) is 0 Å². The van der Waals surface area contributed by atoms with Crippen LogP contribution in [0.3, 0.4) is 0 Å². The van der Waals surface area contributed by atoms with Gasteiger partial charge in [-0.1, -0.05) is 43.0 Å². The molecule has 0 amide bonds. The standard InChI is InChI=1S/C16H15NS/c1-11-10-14(11)17-12-6-2-4-8-15(12)18-16-9-5-3-7-13(16)17/h2-9,11,14H,10H2,1H3. The van der Waals surface area contributed by atoms with E-state index in [1.165, 1.54) is 27.6 Å². The number of rotatable bonds is 1. The molecular formula is C16H15NS. The van der Waals surface area contributed by atoms with E-state index in [9.17, 15) is 0 Å². The van der Waals surface area contributed by atoms with Crippen molar-refractivity contribution in [3.8, 4) is 0 Å². The van der Waals surface area contributed by atoms with Gasteiger partial charge in [0.05, 0.1) is 11.4 Å². The predicted molar refractivity (Wildman–Crippen MR) is 76.7 cm³/mol. The molecule has 0 radical (unpaired) electrons. The van der Waals surface area contributed by atoms with Gasteiger partial charge in [-0.05, 0) is 36.6 Å². The molecule has 0 saturated heterocycles. The second-order valence-electron chi connectivity index (χ2n) is 5.19. The molecule has 2 heteroatoms. The summed E-state index contributed by atoms with van der Waals surface area (Å²) in [5.41, 5.74) is 2.77. The molecule has 1 aliphatic heterocycles. The Kier molecular flexibility index (Phi) is 2.21. The Balaban J connectivity index is 1.90. The predicted octanol–water partition coefficient (Wildman–Crippen LogP) is 4.70. The van der Waals surface area contributed by atoms with Crippen molar-refractivity contribution in [2.45, 2.75) is 29.2 Å². The van der Waals surface area contributed by atoms with Gasteiger partial charge >= 0.3 is 0 Å². The molecule has 2 aromatic carbocycles. The minimum absolute atomic E-state index is 0.688. The van der Waals surface area contributed by atoms with E-state index >= 15 is 0 Å². The molecule has 2 unspecified atom stereocenters. The number of nitrogens with zero attached hydrogens (tertiary/aromatic N) is 1. The maximum absolute atomic E-state index is 2.55. The Morgan fingerprint density at radius 3 is 1.94 bits per heavy atom. The van der Waals surface area contributed by atoms with Crippen LogP contribution in [0.4, 0.5) is 11.4 Å². The molecule has 1 heterocycles. The lowest BCUT2D eigenvalue weighted by Crippen LogP contribution is -2.24. The first-order valence-electron chi connectivity index (χ1n) is 6.50. The molecule has 0 N–H and O–H groups in total. The van der Waals surface area contributed by atoms with Crippen LogP contribution in [0.5, 0.6) is 0 Å². The lowest BCUT2D eigenvalue weighted by molar-refractivity contribution is 0.841. The van der Waals surface area contributed by atoms with Crippen molar-refractivity contribution in [3.63, 3.8) is 0 Å². The zero-order valence-electron chi connectivity index (χ0n) is 10.3. The molecule has 18 heavy (non-hydrogen) atoms. The van der Waals surface area contributed by atoms with E-state index in [0.29, 0.717) is 6.04 Å². The van der Waals surface area contributed by atoms with Crippen LogP contribution in [0.1, 0.15) is 13.3 Å². The lowest BCUT2D eigenvalue weighted by atomic mass is 10.2. The topological polar surface area (TPSA) is 3.24 Å². The van der Waals surface area contributed by atoms with Crippen molar-refractivity contribution in [3.05, 3.63) is 48.5 Å². The summed E-state index contributed by atoms with van der Waals surface area (Å²) in [7, 11) is 0. The number of anilines is 2. The van der Waals surface area contributed by atoms with E-state index in [-0.39, 0.29) is 0 Å². The number of fused-ring (bicyclic) bond motifs is 2. The van der Waals surface area contributed by atoms with E-state index in [0.717, 1.165) is 5.92 Å². The average Bonchev–Trinajstić information content (AvgIpc) is 3.12. The molecule has 2 atom stereocenters. The first-order valence-corrected chi connectivity index (χ1v) is 7.31. The van der Waals surface area contributed by atoms with Crippen LogP contribution in [-0.2, 0) is 0 Å². The summed E-state index contributed by atoms with van der Waals surface area (Å²) in [5.74, 6) is 0.814. The summed E-state index contributed by atoms with van der Waals surface area (Å²) in [5, 5.41) is 0. The molecule has 90 valence electrons. The zero-order chi connectivity index (χ0) is 12.1. The van der Waals surface area contributed by atoms with Crippen molar-refractivity contribution in [1.29, 1.82) is 0 Å². The van der Waals surface area contributed by atoms with Crippen molar-refractivity contribution >= 4 is 23.1 Å². The first-order chi connectivity index (χ1) is 8.84. The minimum atomic E-state index is 0.688. The van der Waals surface area contributed by atoms with Crippen LogP contribution >= 0.6 is 11.8 Å². The maximum Gasteiger partial charge on any atom is 0.0555 e. The quantitative estimate of drug-likeness (QED) is 0.725. The monoisotopic (exact) mass is 253 g/mol. The number of para-hydroxylation sites is 2. The third-order valence-electron chi connectivity index (χ3n) is 3.87. The van der Waals surface area contributed by atoms with E-state index in [4.69, 9.17) is 0 Å². The van der Waals surface area contributed by atoms with Gasteiger partial charge < -0.3 is 4.90 Å². The van der Waals surface area contributed by atoms with E-state index < -0.39 is 0 Å². The van der Waals surface area contributed by atoms with Gasteiger partial charge in [-0.3, -0.25) is 0 Å². The highest BCUT2D eigenvalue weighted by atomic mass is 32.2. The van der Waals surface area contributed by atoms with Crippen LogP contribution in [-0.4, -0.2) is 6.04 Å². The Morgan fingerprint density at radius 2 is 1.44 bits per heavy atom. The Labute approximate surface area is 112 Å². The fraction of sp³-hybridized carbons (Fsp3) is 0.250. The van der Waals surface area contributed by atoms with Gasteiger partial charge in [0.1, 0.15) is 0 Å². The summed E-state index contributed by atoms with van der Waals surface area (Å²) >= 11 is 1.89. The molecule has 4 rings (SSSR count). The second-order valence-corrected chi connectivity index (χ2v) is 6.27. The van der Waals surface area contributed by atoms with Crippen LogP contribution in [0.25, 0.3) is 0 Å². The van der Waals surface area contributed by atoms with Gasteiger partial charge in [0.2, 0.25) is 0 Å². The number of benzene rings is 2. The molecule has 0 spiro atoms. The fourth-order valence-corrected chi connectivity index (χ4v) is 3.82. The second kappa shape index (κ2) is 3.79. The SMILES string of the molecule is CC1CC1N1c2ccccc2Sc2ccccc21. The summed E-state index contributed by atoms with van der Waals surface area (Å²) in [4.78, 5) is 5.32. The van der Waals surface area contributed by atoms with Gasteiger partial charge in [0.15, 0.2) is 0 Å². The Morgan fingerprint density at radius 1 is 0.944 bits per heavy atom. The Bertz CT molecular complexity index is 562. The highest BCUT2D eigenvalue weighted by Gasteiger charge is 2.41. The van der Waals surface area contributed by atoms with Crippen molar-refractivity contribution in [2.24, 2.45) is 5.92 Å². The fourth-order valence-electron chi connectivity index (χ4n) is 2.75. The maximum atomic E-state index is 2.55. The highest BCUT2D eigenvalue weighted by molar-refractivity contribution is 7.99. The van der Waals surface area contributed by atoms with E-state index in [2.05, 4.69) is 60.4 Å². The molecule has 0 aromatic heterocycles. The smallest absolute Gasteiger partial charge is 0.0555 e. The zero-order valence-corrected chi connectivity index (χ0v) is 11.2. The number of hydrogen-bond acceptors (Lipinski definition) is 2. The average molecular weight is 253 g/mol. The summed E-state index contributed by atoms with van der Waals surface area (Å²) in [6, 6.07) is 18.2. The first kappa shape index (κ1) is 10.5. The molecule has 1 saturated carbocycles. The van der Waals surface area contributed by atoms with Gasteiger partial charge in [-0.25, -0.2) is 0 Å². The van der Waals surface area contributed by atoms with Crippen LogP contribution in [0.15, 0.2) is 58.3 Å². The van der Waals surface area contributed by atoms with Crippen LogP contribution in [0.2, 0.25) is 0 Å². The number of hydrogen-bond donors (Lipinski definition) is 0. The summed E-state index contributed by atoms with van der Waals surface area (Å²) in [6.07, 6.45) is 1.31. The van der Waals surface area contributed by atoms with Gasteiger partial charge in [-0.15, -0.1) is 0 Å². The molecule has 1 aliphatic carbocycles. The van der Waals surface area contributed by atoms with Crippen LogP contribution < -0.4 is 4.90 Å². The molecule has 2 aromatic rings. The van der Waals surface area contributed by atoms with Crippen LogP contribution in [0, 0.1) is 5.92 Å². The largest absolute Gasteiger partial charge is 0.336 e. The summed E-state index contributed by atoms with van der Waals surface area (Å²) in [6.45, 7) is 2.34. The van der Waals surface area contributed by atoms with Gasteiger partial charge in [0.25, 0.3) is 0 Å². The van der Waals surface area contributed by atoms with E-state index in [1.54, 1.807) is 0 Å². The normalized spacial score (nSPS) is 24.4. The van der Waals surface area contributed by atoms with Crippen molar-refractivity contribution in [2.75, 3.05) is 4.90 Å². The lowest BCUT2D eigenvalue weighted by Gasteiger charge is -2.33. The molecule has 1 fully saturated rings. The minimum Gasteiger partial charge on any atom is -0.336 e. The van der Waals surface area contributed by atoms with E-state index in [1.807, 2.05) is 11.8 Å². The molecular weight excluding hydrogens is 238 g/mol. The highest BCUT2D eigenvalue weighted by Crippen LogP contribution is 2.53.